The van der Waals surface area contributed by atoms with Crippen LogP contribution in [-0.2, 0) is 9.59 Å². The van der Waals surface area contributed by atoms with Gasteiger partial charge in [0.05, 0.1) is 5.92 Å². The number of hydrazine groups is 1. The summed E-state index contributed by atoms with van der Waals surface area (Å²) >= 11 is 0. The van der Waals surface area contributed by atoms with Crippen LogP contribution in [0.2, 0.25) is 0 Å². The first-order valence-electron chi connectivity index (χ1n) is 8.26. The lowest BCUT2D eigenvalue weighted by Gasteiger charge is -2.19. The molecule has 0 radical (unpaired) electrons. The number of amides is 2. The lowest BCUT2D eigenvalue weighted by molar-refractivity contribution is -0.127. The van der Waals surface area contributed by atoms with E-state index < -0.39 is 0 Å². The van der Waals surface area contributed by atoms with Crippen molar-refractivity contribution in [3.8, 4) is 0 Å². The highest BCUT2D eigenvalue weighted by Crippen LogP contribution is 2.24. The molecule has 1 fully saturated rings. The first-order valence-corrected chi connectivity index (χ1v) is 8.26. The zero-order valence-electron chi connectivity index (χ0n) is 13.9. The molecular weight excluding hydrogens is 292 g/mol. The quantitative estimate of drug-likeness (QED) is 0.554. The van der Waals surface area contributed by atoms with Gasteiger partial charge in [0.15, 0.2) is 0 Å². The van der Waals surface area contributed by atoms with Gasteiger partial charge in [-0.05, 0) is 25.2 Å². The van der Waals surface area contributed by atoms with Gasteiger partial charge in [-0.15, -0.1) is 0 Å². The van der Waals surface area contributed by atoms with Gasteiger partial charge in [0, 0.05) is 31.7 Å². The first kappa shape index (κ1) is 17.4. The Hall–Kier alpha value is -1.92. The van der Waals surface area contributed by atoms with E-state index >= 15 is 0 Å². The highest BCUT2D eigenvalue weighted by Gasteiger charge is 2.34. The van der Waals surface area contributed by atoms with Crippen molar-refractivity contribution in [2.75, 3.05) is 37.6 Å². The molecule has 0 aliphatic carbocycles. The fraction of sp³-hybridized carbons (Fsp3) is 0.529. The van der Waals surface area contributed by atoms with Gasteiger partial charge in [0.1, 0.15) is 0 Å². The van der Waals surface area contributed by atoms with E-state index in [1.165, 1.54) is 0 Å². The number of para-hydroxylation sites is 1. The molecule has 2 amide bonds. The van der Waals surface area contributed by atoms with Crippen molar-refractivity contribution in [2.45, 2.75) is 20.3 Å². The number of carbonyl (C=O) groups is 2. The number of carbonyl (C=O) groups excluding carboxylic acids is 2. The Bertz CT molecular complexity index is 517. The van der Waals surface area contributed by atoms with Gasteiger partial charge in [-0.1, -0.05) is 32.0 Å². The van der Waals surface area contributed by atoms with Gasteiger partial charge in [0.2, 0.25) is 11.8 Å². The van der Waals surface area contributed by atoms with Crippen molar-refractivity contribution in [1.29, 1.82) is 0 Å². The maximum absolute atomic E-state index is 12.2. The predicted octanol–water partition coefficient (Wildman–Crippen LogP) is 1.00. The fourth-order valence-electron chi connectivity index (χ4n) is 2.75. The fourth-order valence-corrected chi connectivity index (χ4v) is 2.75. The molecule has 1 aromatic carbocycles. The Morgan fingerprint density at radius 3 is 2.61 bits per heavy atom. The number of hydrogen-bond donors (Lipinski definition) is 2. The van der Waals surface area contributed by atoms with Crippen LogP contribution >= 0.6 is 0 Å². The second kappa shape index (κ2) is 8.64. The van der Waals surface area contributed by atoms with Crippen molar-refractivity contribution in [3.63, 3.8) is 0 Å². The molecule has 2 N–H and O–H groups in total. The minimum Gasteiger partial charge on any atom is -0.312 e. The summed E-state index contributed by atoms with van der Waals surface area (Å²) in [5.41, 5.74) is 6.54. The summed E-state index contributed by atoms with van der Waals surface area (Å²) in [6, 6.07) is 9.48. The Balaban J connectivity index is 1.77. The van der Waals surface area contributed by atoms with Gasteiger partial charge < -0.3 is 9.80 Å². The largest absolute Gasteiger partial charge is 0.312 e. The van der Waals surface area contributed by atoms with E-state index in [4.69, 9.17) is 0 Å². The molecule has 1 heterocycles. The number of rotatable bonds is 8. The Kier molecular flexibility index (Phi) is 6.55. The molecule has 23 heavy (non-hydrogen) atoms. The molecule has 6 heteroatoms. The topological polar surface area (TPSA) is 64.7 Å². The van der Waals surface area contributed by atoms with Crippen molar-refractivity contribution in [1.82, 2.24) is 15.8 Å². The van der Waals surface area contributed by atoms with Crippen molar-refractivity contribution in [3.05, 3.63) is 30.3 Å². The van der Waals surface area contributed by atoms with Crippen molar-refractivity contribution < 1.29 is 9.59 Å². The van der Waals surface area contributed by atoms with Crippen LogP contribution in [-0.4, -0.2) is 49.4 Å². The molecule has 6 nitrogen and oxygen atoms in total. The molecule has 1 unspecified atom stereocenters. The Labute approximate surface area is 137 Å². The Morgan fingerprint density at radius 1 is 1.26 bits per heavy atom. The molecule has 1 atom stereocenters. The molecule has 126 valence electrons. The SMILES string of the molecule is CCN(CC)CCNNC(=O)C1CC(=O)N(c2ccccc2)C1. The minimum absolute atomic E-state index is 0.000471. The van der Waals surface area contributed by atoms with Crippen molar-refractivity contribution >= 4 is 17.5 Å². The monoisotopic (exact) mass is 318 g/mol. The molecule has 0 aromatic heterocycles. The number of anilines is 1. The number of hydrogen-bond acceptors (Lipinski definition) is 4. The summed E-state index contributed by atoms with van der Waals surface area (Å²) < 4.78 is 0. The predicted molar refractivity (Wildman–Crippen MR) is 90.8 cm³/mol. The summed E-state index contributed by atoms with van der Waals surface area (Å²) in [7, 11) is 0. The molecule has 2 rings (SSSR count). The van der Waals surface area contributed by atoms with E-state index in [-0.39, 0.29) is 24.2 Å². The van der Waals surface area contributed by atoms with Crippen LogP contribution in [0, 0.1) is 5.92 Å². The highest BCUT2D eigenvalue weighted by atomic mass is 16.2. The van der Waals surface area contributed by atoms with E-state index in [2.05, 4.69) is 29.6 Å². The molecule has 1 saturated heterocycles. The van der Waals surface area contributed by atoms with Gasteiger partial charge in [-0.25, -0.2) is 5.43 Å². The third-order valence-electron chi connectivity index (χ3n) is 4.22. The number of nitrogens with one attached hydrogen (secondary N) is 2. The molecule has 0 saturated carbocycles. The normalized spacial score (nSPS) is 17.8. The second-order valence-corrected chi connectivity index (χ2v) is 5.68. The van der Waals surface area contributed by atoms with Crippen molar-refractivity contribution in [2.24, 2.45) is 5.92 Å². The van der Waals surface area contributed by atoms with Gasteiger partial charge in [0.25, 0.3) is 0 Å². The Morgan fingerprint density at radius 2 is 1.96 bits per heavy atom. The zero-order valence-corrected chi connectivity index (χ0v) is 13.9. The van der Waals surface area contributed by atoms with Crippen LogP contribution in [0.15, 0.2) is 30.3 Å². The van der Waals surface area contributed by atoms with Gasteiger partial charge in [-0.3, -0.25) is 15.0 Å². The zero-order chi connectivity index (χ0) is 16.7. The van der Waals surface area contributed by atoms with E-state index in [0.29, 0.717) is 13.1 Å². The summed E-state index contributed by atoms with van der Waals surface area (Å²) in [5.74, 6) is -0.417. The second-order valence-electron chi connectivity index (χ2n) is 5.68. The van der Waals surface area contributed by atoms with Crippen LogP contribution < -0.4 is 15.8 Å². The van der Waals surface area contributed by atoms with E-state index in [0.717, 1.165) is 25.3 Å². The molecule has 1 aromatic rings. The first-order chi connectivity index (χ1) is 11.2. The molecule has 0 spiro atoms. The summed E-state index contributed by atoms with van der Waals surface area (Å²) in [5, 5.41) is 0. The van der Waals surface area contributed by atoms with E-state index in [1.807, 2.05) is 30.3 Å². The highest BCUT2D eigenvalue weighted by molar-refractivity contribution is 6.00. The number of benzene rings is 1. The lowest BCUT2D eigenvalue weighted by Crippen LogP contribution is -2.45. The van der Waals surface area contributed by atoms with E-state index in [9.17, 15) is 9.59 Å². The molecule has 1 aliphatic heterocycles. The average molecular weight is 318 g/mol. The van der Waals surface area contributed by atoms with Crippen LogP contribution in [0.4, 0.5) is 5.69 Å². The van der Waals surface area contributed by atoms with Crippen LogP contribution in [0.25, 0.3) is 0 Å². The third-order valence-corrected chi connectivity index (χ3v) is 4.22. The third kappa shape index (κ3) is 4.77. The molecular formula is C17H26N4O2. The average Bonchev–Trinajstić information content (AvgIpc) is 2.97. The maximum atomic E-state index is 12.2. The van der Waals surface area contributed by atoms with Crippen LogP contribution in [0.3, 0.4) is 0 Å². The van der Waals surface area contributed by atoms with E-state index in [1.54, 1.807) is 4.90 Å². The number of nitrogens with zero attached hydrogens (tertiary/aromatic N) is 2. The van der Waals surface area contributed by atoms with Crippen LogP contribution in [0.5, 0.6) is 0 Å². The standard InChI is InChI=1S/C17H26N4O2/c1-3-20(4-2)11-10-18-19-17(23)14-12-16(22)21(13-14)15-8-6-5-7-9-15/h5-9,14,18H,3-4,10-13H2,1-2H3,(H,19,23). The summed E-state index contributed by atoms with van der Waals surface area (Å²) in [4.78, 5) is 28.2. The van der Waals surface area contributed by atoms with Gasteiger partial charge in [-0.2, -0.15) is 0 Å². The molecule has 0 bridgehead atoms. The minimum atomic E-state index is -0.302. The lowest BCUT2D eigenvalue weighted by atomic mass is 10.1. The number of likely N-dealkylation sites (N-methyl/N-ethyl adjacent to an activating group) is 1. The molecule has 1 aliphatic rings. The maximum Gasteiger partial charge on any atom is 0.239 e. The summed E-state index contributed by atoms with van der Waals surface area (Å²) in [6.45, 7) is 8.23. The van der Waals surface area contributed by atoms with Crippen LogP contribution in [0.1, 0.15) is 20.3 Å². The summed E-state index contributed by atoms with van der Waals surface area (Å²) in [6.07, 6.45) is 0.262. The smallest absolute Gasteiger partial charge is 0.239 e. The van der Waals surface area contributed by atoms with Gasteiger partial charge >= 0.3 is 0 Å².